The summed E-state index contributed by atoms with van der Waals surface area (Å²) in [4.78, 5) is 14.4. The molecule has 2 heterocycles. The Kier molecular flexibility index (Phi) is 10.9. The van der Waals surface area contributed by atoms with E-state index in [2.05, 4.69) is 166 Å². The van der Waals surface area contributed by atoms with Crippen LogP contribution in [0.3, 0.4) is 0 Å². The second kappa shape index (κ2) is 18.1. The molecule has 2 aromatic heterocycles. The quantitative estimate of drug-likeness (QED) is 0.135. The van der Waals surface area contributed by atoms with Crippen molar-refractivity contribution in [1.82, 2.24) is 14.5 Å². The van der Waals surface area contributed by atoms with Crippen molar-refractivity contribution < 1.29 is 0 Å². The van der Waals surface area contributed by atoms with Crippen LogP contribution in [0.4, 0.5) is 34.1 Å². The van der Waals surface area contributed by atoms with Gasteiger partial charge in [-0.1, -0.05) is 109 Å². The van der Waals surface area contributed by atoms with Crippen molar-refractivity contribution in [3.63, 3.8) is 0 Å². The first kappa shape index (κ1) is 41.6. The first-order chi connectivity index (χ1) is 34.1. The second-order valence-electron chi connectivity index (χ2n) is 16.4. The Morgan fingerprint density at radius 3 is 1.25 bits per heavy atom. The Morgan fingerprint density at radius 2 is 0.768 bits per heavy atom. The highest BCUT2D eigenvalue weighted by atomic mass is 15.1. The van der Waals surface area contributed by atoms with Crippen LogP contribution < -0.4 is 9.80 Å². The average molecular weight is 883 g/mol. The number of benzene rings is 9. The molecule has 0 saturated carbocycles. The predicted molar refractivity (Wildman–Crippen MR) is 276 cm³/mol. The number of aromatic nitrogens is 3. The van der Waals surface area contributed by atoms with Gasteiger partial charge >= 0.3 is 0 Å². The SMILES string of the molecule is N#Cc1ccccc1-c1cc(-c2ccc(-n3c4ccc(N(c5ccccc5)c5ccccc5)cc4c4cc(N(c5ccccc5)c5ccccc5)ccc43)c(C#N)c2)nc(-c2ccccc2C#N)n1. The molecule has 0 amide bonds. The smallest absolute Gasteiger partial charge is 0.161 e. The zero-order chi connectivity index (χ0) is 46.7. The van der Waals surface area contributed by atoms with E-state index in [1.165, 1.54) is 0 Å². The van der Waals surface area contributed by atoms with Gasteiger partial charge in [-0.3, -0.25) is 0 Å². The molecular formula is C61H38N8. The van der Waals surface area contributed by atoms with Crippen LogP contribution in [0.2, 0.25) is 0 Å². The predicted octanol–water partition coefficient (Wildman–Crippen LogP) is 15.1. The monoisotopic (exact) mass is 882 g/mol. The average Bonchev–Trinajstić information content (AvgIpc) is 3.74. The number of para-hydroxylation sites is 4. The third-order valence-corrected chi connectivity index (χ3v) is 12.3. The third kappa shape index (κ3) is 7.75. The molecule has 0 N–H and O–H groups in total. The molecule has 0 atom stereocenters. The summed E-state index contributed by atoms with van der Waals surface area (Å²) in [6.45, 7) is 0. The zero-order valence-corrected chi connectivity index (χ0v) is 37.0. The lowest BCUT2D eigenvalue weighted by Crippen LogP contribution is -2.09. The highest BCUT2D eigenvalue weighted by Crippen LogP contribution is 2.43. The fraction of sp³-hybridized carbons (Fsp3) is 0. The van der Waals surface area contributed by atoms with Gasteiger partial charge in [-0.25, -0.2) is 9.97 Å². The molecule has 0 aliphatic heterocycles. The minimum atomic E-state index is 0.337. The molecular weight excluding hydrogens is 845 g/mol. The summed E-state index contributed by atoms with van der Waals surface area (Å²) >= 11 is 0. The fourth-order valence-corrected chi connectivity index (χ4v) is 9.15. The van der Waals surface area contributed by atoms with E-state index in [4.69, 9.17) is 9.97 Å². The van der Waals surface area contributed by atoms with Crippen molar-refractivity contribution in [2.75, 3.05) is 9.80 Å². The summed E-state index contributed by atoms with van der Waals surface area (Å²) < 4.78 is 2.18. The first-order valence-electron chi connectivity index (χ1n) is 22.4. The van der Waals surface area contributed by atoms with Gasteiger partial charge in [0, 0.05) is 61.6 Å². The maximum absolute atomic E-state index is 11.1. The fourth-order valence-electron chi connectivity index (χ4n) is 9.15. The van der Waals surface area contributed by atoms with E-state index >= 15 is 0 Å². The normalized spacial score (nSPS) is 10.9. The molecule has 0 fully saturated rings. The van der Waals surface area contributed by atoms with E-state index < -0.39 is 0 Å². The molecule has 0 unspecified atom stereocenters. The molecule has 0 bridgehead atoms. The zero-order valence-electron chi connectivity index (χ0n) is 37.0. The van der Waals surface area contributed by atoms with Gasteiger partial charge in [0.25, 0.3) is 0 Å². The maximum atomic E-state index is 11.1. The summed E-state index contributed by atoms with van der Waals surface area (Å²) in [7, 11) is 0. The minimum Gasteiger partial charge on any atom is -0.310 e. The van der Waals surface area contributed by atoms with Crippen molar-refractivity contribution in [3.8, 4) is 57.8 Å². The number of fused-ring (bicyclic) bond motifs is 3. The molecule has 322 valence electrons. The van der Waals surface area contributed by atoms with Gasteiger partial charge in [-0.2, -0.15) is 15.8 Å². The summed E-state index contributed by atoms with van der Waals surface area (Å²) in [5.41, 5.74) is 12.9. The Labute approximate surface area is 399 Å². The molecule has 0 radical (unpaired) electrons. The number of hydrogen-bond acceptors (Lipinski definition) is 7. The van der Waals surface area contributed by atoms with E-state index in [1.807, 2.05) is 78.9 Å². The molecule has 0 saturated heterocycles. The Morgan fingerprint density at radius 1 is 0.348 bits per heavy atom. The van der Waals surface area contributed by atoms with Crippen LogP contribution >= 0.6 is 0 Å². The highest BCUT2D eigenvalue weighted by Gasteiger charge is 2.22. The van der Waals surface area contributed by atoms with Crippen LogP contribution in [0.1, 0.15) is 16.7 Å². The van der Waals surface area contributed by atoms with Crippen molar-refractivity contribution >= 4 is 55.9 Å². The first-order valence-corrected chi connectivity index (χ1v) is 22.4. The largest absolute Gasteiger partial charge is 0.310 e. The van der Waals surface area contributed by atoms with Crippen LogP contribution in [0.5, 0.6) is 0 Å². The summed E-state index contributed by atoms with van der Waals surface area (Å²) in [6, 6.07) is 83.7. The summed E-state index contributed by atoms with van der Waals surface area (Å²) in [5.74, 6) is 0.337. The number of nitriles is 3. The van der Waals surface area contributed by atoms with E-state index in [0.717, 1.165) is 55.9 Å². The Bertz CT molecular complexity index is 3530. The van der Waals surface area contributed by atoms with E-state index in [1.54, 1.807) is 18.2 Å². The topological polar surface area (TPSA) is 109 Å². The Balaban J connectivity index is 1.13. The van der Waals surface area contributed by atoms with Crippen LogP contribution in [0.15, 0.2) is 231 Å². The van der Waals surface area contributed by atoms with Gasteiger partial charge in [0.1, 0.15) is 6.07 Å². The molecule has 0 spiro atoms. The van der Waals surface area contributed by atoms with Gasteiger partial charge in [-0.15, -0.1) is 0 Å². The van der Waals surface area contributed by atoms with Crippen LogP contribution in [0.25, 0.3) is 61.4 Å². The van der Waals surface area contributed by atoms with Crippen molar-refractivity contribution in [2.24, 2.45) is 0 Å². The van der Waals surface area contributed by atoms with Crippen molar-refractivity contribution in [3.05, 3.63) is 247 Å². The maximum Gasteiger partial charge on any atom is 0.161 e. The number of rotatable bonds is 10. The van der Waals surface area contributed by atoms with E-state index in [0.29, 0.717) is 56.3 Å². The van der Waals surface area contributed by atoms with Crippen molar-refractivity contribution in [1.29, 1.82) is 15.8 Å². The number of hydrogen-bond donors (Lipinski definition) is 0. The van der Waals surface area contributed by atoms with Gasteiger partial charge in [0.15, 0.2) is 5.82 Å². The molecule has 0 aliphatic carbocycles. The van der Waals surface area contributed by atoms with Crippen LogP contribution in [-0.4, -0.2) is 14.5 Å². The third-order valence-electron chi connectivity index (χ3n) is 12.3. The number of anilines is 6. The van der Waals surface area contributed by atoms with Gasteiger partial charge in [0.2, 0.25) is 0 Å². The lowest BCUT2D eigenvalue weighted by atomic mass is 10.0. The molecule has 9 aromatic carbocycles. The Hall–Kier alpha value is -10.1. The highest BCUT2D eigenvalue weighted by molar-refractivity contribution is 6.12. The molecule has 11 aromatic rings. The number of nitrogens with zero attached hydrogens (tertiary/aromatic N) is 8. The van der Waals surface area contributed by atoms with Crippen molar-refractivity contribution in [2.45, 2.75) is 0 Å². The summed E-state index contributed by atoms with van der Waals surface area (Å²) in [5, 5.41) is 33.3. The summed E-state index contributed by atoms with van der Waals surface area (Å²) in [6.07, 6.45) is 0. The van der Waals surface area contributed by atoms with E-state index in [-0.39, 0.29) is 0 Å². The molecule has 11 rings (SSSR count). The lowest BCUT2D eigenvalue weighted by molar-refractivity contribution is 1.16. The second-order valence-corrected chi connectivity index (χ2v) is 16.4. The van der Waals surface area contributed by atoms with Gasteiger partial charge in [0.05, 0.1) is 56.9 Å². The molecule has 8 heteroatoms. The minimum absolute atomic E-state index is 0.337. The molecule has 69 heavy (non-hydrogen) atoms. The van der Waals surface area contributed by atoms with Gasteiger partial charge in [-0.05, 0) is 121 Å². The van der Waals surface area contributed by atoms with Crippen LogP contribution in [-0.2, 0) is 0 Å². The molecule has 8 nitrogen and oxygen atoms in total. The lowest BCUT2D eigenvalue weighted by Gasteiger charge is -2.26. The van der Waals surface area contributed by atoms with Crippen LogP contribution in [0, 0.1) is 34.0 Å². The molecule has 0 aliphatic rings. The standard InChI is InChI=1S/C61H38N8/c62-39-43-17-13-15-27-52(43)57-38-56(65-61(66-57)53-28-16-14-18-44(53)40-63)42-29-32-58(45(35-42)41-64)69-59-33-30-50(67(46-19-5-1-6-20-46)47-21-7-2-8-22-47)36-54(59)55-37-51(31-34-60(55)69)68(48-23-9-3-10-24-48)49-25-11-4-12-26-49/h1-38H. The van der Waals surface area contributed by atoms with E-state index in [9.17, 15) is 15.8 Å². The van der Waals surface area contributed by atoms with Gasteiger partial charge < -0.3 is 14.4 Å².